The molecule has 11 heavy (non-hydrogen) atoms. The summed E-state index contributed by atoms with van der Waals surface area (Å²) in [6.45, 7) is 9.57. The molecule has 0 aromatic carbocycles. The first-order chi connectivity index (χ1) is 5.00. The number of hydrogen-bond donors (Lipinski definition) is 1. The molecule has 0 aliphatic carbocycles. The predicted octanol–water partition coefficient (Wildman–Crippen LogP) is 2.46. The Labute approximate surface area is 73.9 Å². The van der Waals surface area contributed by atoms with Crippen molar-refractivity contribution in [1.82, 2.24) is 0 Å². The van der Waals surface area contributed by atoms with E-state index < -0.39 is 5.60 Å². The highest BCUT2D eigenvalue weighted by Crippen LogP contribution is 2.20. The van der Waals surface area contributed by atoms with Crippen molar-refractivity contribution < 1.29 is 5.11 Å². The van der Waals surface area contributed by atoms with Gasteiger partial charge in [-0.25, -0.2) is 0 Å². The summed E-state index contributed by atoms with van der Waals surface area (Å²) in [6, 6.07) is 0. The van der Waals surface area contributed by atoms with Crippen LogP contribution >= 0.6 is 11.8 Å². The molecule has 0 unspecified atom stereocenters. The Bertz CT molecular complexity index is 130. The molecular formula is C9H18OS. The van der Waals surface area contributed by atoms with Crippen molar-refractivity contribution in [3.63, 3.8) is 0 Å². The van der Waals surface area contributed by atoms with Crippen LogP contribution in [0, 0.1) is 0 Å². The zero-order valence-corrected chi connectivity index (χ0v) is 8.50. The van der Waals surface area contributed by atoms with Gasteiger partial charge in [0.05, 0.1) is 5.60 Å². The van der Waals surface area contributed by atoms with Gasteiger partial charge in [0.15, 0.2) is 0 Å². The Kier molecular flexibility index (Phi) is 4.86. The van der Waals surface area contributed by atoms with E-state index in [-0.39, 0.29) is 0 Å². The molecule has 0 aliphatic rings. The van der Waals surface area contributed by atoms with E-state index in [0.29, 0.717) is 0 Å². The van der Waals surface area contributed by atoms with Gasteiger partial charge in [0.25, 0.3) is 0 Å². The predicted molar refractivity (Wildman–Crippen MR) is 53.1 cm³/mol. The van der Waals surface area contributed by atoms with Gasteiger partial charge in [-0.1, -0.05) is 13.5 Å². The molecule has 0 fully saturated rings. The van der Waals surface area contributed by atoms with Gasteiger partial charge in [0.2, 0.25) is 0 Å². The first kappa shape index (κ1) is 11.1. The minimum Gasteiger partial charge on any atom is -0.386 e. The molecule has 0 saturated carbocycles. The molecule has 0 aliphatic heterocycles. The summed E-state index contributed by atoms with van der Waals surface area (Å²) in [5.41, 5.74) is 0.191. The second-order valence-corrected chi connectivity index (χ2v) is 4.39. The lowest BCUT2D eigenvalue weighted by molar-refractivity contribution is 0.0964. The van der Waals surface area contributed by atoms with E-state index >= 15 is 0 Å². The van der Waals surface area contributed by atoms with Crippen molar-refractivity contribution in [2.45, 2.75) is 32.8 Å². The van der Waals surface area contributed by atoms with Crippen molar-refractivity contribution in [2.75, 3.05) is 11.5 Å². The molecule has 1 nitrogen and oxygen atoms in total. The summed E-state index contributed by atoms with van der Waals surface area (Å²) in [4.78, 5) is 0. The Morgan fingerprint density at radius 3 is 2.55 bits per heavy atom. The summed E-state index contributed by atoms with van der Waals surface area (Å²) < 4.78 is 0. The summed E-state index contributed by atoms with van der Waals surface area (Å²) >= 11 is 1.85. The molecule has 0 radical (unpaired) electrons. The monoisotopic (exact) mass is 174 g/mol. The summed E-state index contributed by atoms with van der Waals surface area (Å²) in [6.07, 6.45) is 0.806. The van der Waals surface area contributed by atoms with Crippen LogP contribution in [0.25, 0.3) is 0 Å². The quantitative estimate of drug-likeness (QED) is 0.510. The first-order valence-electron chi connectivity index (χ1n) is 3.97. The van der Waals surface area contributed by atoms with E-state index in [1.165, 1.54) is 0 Å². The van der Waals surface area contributed by atoms with Gasteiger partial charge in [-0.05, 0) is 37.3 Å². The van der Waals surface area contributed by atoms with Crippen LogP contribution in [0.3, 0.4) is 0 Å². The standard InChI is InChI=1S/C9H18OS/c1-5-11-7-6-9(4,10)8(2)3/h10H,2,5-7H2,1,3-4H3/t9-/m1/s1. The molecule has 2 heteroatoms. The van der Waals surface area contributed by atoms with Crippen LogP contribution in [0.1, 0.15) is 27.2 Å². The van der Waals surface area contributed by atoms with Gasteiger partial charge in [-0.15, -0.1) is 0 Å². The van der Waals surface area contributed by atoms with E-state index in [1.807, 2.05) is 25.6 Å². The van der Waals surface area contributed by atoms with Crippen molar-refractivity contribution in [3.8, 4) is 0 Å². The third kappa shape index (κ3) is 4.49. The molecule has 0 rings (SSSR count). The fourth-order valence-corrected chi connectivity index (χ4v) is 1.46. The number of thioether (sulfide) groups is 1. The zero-order valence-electron chi connectivity index (χ0n) is 7.68. The van der Waals surface area contributed by atoms with Crippen LogP contribution < -0.4 is 0 Å². The zero-order chi connectivity index (χ0) is 8.91. The Morgan fingerprint density at radius 1 is 1.64 bits per heavy atom. The number of hydrogen-bond acceptors (Lipinski definition) is 2. The highest BCUT2D eigenvalue weighted by atomic mass is 32.2. The maximum atomic E-state index is 9.71. The molecule has 0 heterocycles. The van der Waals surface area contributed by atoms with Crippen LogP contribution in [-0.2, 0) is 0 Å². The smallest absolute Gasteiger partial charge is 0.0831 e. The van der Waals surface area contributed by atoms with E-state index in [0.717, 1.165) is 23.5 Å². The van der Waals surface area contributed by atoms with Crippen molar-refractivity contribution in [1.29, 1.82) is 0 Å². The van der Waals surface area contributed by atoms with Gasteiger partial charge in [0, 0.05) is 0 Å². The Hall–Kier alpha value is 0.0500. The average Bonchev–Trinajstić information content (AvgIpc) is 1.88. The summed E-state index contributed by atoms with van der Waals surface area (Å²) in [5, 5.41) is 9.71. The van der Waals surface area contributed by atoms with Crippen LogP contribution in [0.5, 0.6) is 0 Å². The third-order valence-corrected chi connectivity index (χ3v) is 2.76. The van der Waals surface area contributed by atoms with E-state index in [2.05, 4.69) is 13.5 Å². The molecule has 0 bridgehead atoms. The molecular weight excluding hydrogens is 156 g/mol. The molecule has 1 atom stereocenters. The molecule has 0 saturated heterocycles. The minimum atomic E-state index is -0.665. The normalized spacial score (nSPS) is 16.0. The van der Waals surface area contributed by atoms with Crippen LogP contribution in [0.4, 0.5) is 0 Å². The van der Waals surface area contributed by atoms with Crippen molar-refractivity contribution in [2.24, 2.45) is 0 Å². The molecule has 0 aromatic rings. The highest BCUT2D eigenvalue weighted by molar-refractivity contribution is 7.99. The van der Waals surface area contributed by atoms with Crippen LogP contribution in [-0.4, -0.2) is 22.2 Å². The molecule has 0 aromatic heterocycles. The lowest BCUT2D eigenvalue weighted by Crippen LogP contribution is -2.25. The lowest BCUT2D eigenvalue weighted by Gasteiger charge is -2.22. The van der Waals surface area contributed by atoms with Crippen molar-refractivity contribution in [3.05, 3.63) is 12.2 Å². The lowest BCUT2D eigenvalue weighted by atomic mass is 9.96. The second-order valence-electron chi connectivity index (χ2n) is 3.00. The molecule has 0 spiro atoms. The summed E-state index contributed by atoms with van der Waals surface area (Å²) in [5.74, 6) is 2.13. The van der Waals surface area contributed by atoms with Gasteiger partial charge >= 0.3 is 0 Å². The fraction of sp³-hybridized carbons (Fsp3) is 0.778. The molecule has 1 N–H and O–H groups in total. The Balaban J connectivity index is 3.64. The topological polar surface area (TPSA) is 20.2 Å². The fourth-order valence-electron chi connectivity index (χ4n) is 0.629. The number of aliphatic hydroxyl groups is 1. The molecule has 66 valence electrons. The van der Waals surface area contributed by atoms with E-state index in [4.69, 9.17) is 0 Å². The maximum Gasteiger partial charge on any atom is 0.0831 e. The first-order valence-corrected chi connectivity index (χ1v) is 5.12. The Morgan fingerprint density at radius 2 is 2.18 bits per heavy atom. The number of rotatable bonds is 5. The van der Waals surface area contributed by atoms with Gasteiger partial charge in [-0.3, -0.25) is 0 Å². The third-order valence-electron chi connectivity index (χ3n) is 1.86. The van der Waals surface area contributed by atoms with Crippen molar-refractivity contribution >= 4 is 11.8 Å². The summed E-state index contributed by atoms with van der Waals surface area (Å²) in [7, 11) is 0. The van der Waals surface area contributed by atoms with E-state index in [1.54, 1.807) is 0 Å². The second kappa shape index (κ2) is 4.83. The van der Waals surface area contributed by atoms with Gasteiger partial charge in [0.1, 0.15) is 0 Å². The average molecular weight is 174 g/mol. The van der Waals surface area contributed by atoms with Crippen LogP contribution in [0.2, 0.25) is 0 Å². The van der Waals surface area contributed by atoms with Gasteiger partial charge < -0.3 is 5.11 Å². The van der Waals surface area contributed by atoms with Gasteiger partial charge in [-0.2, -0.15) is 11.8 Å². The van der Waals surface area contributed by atoms with E-state index in [9.17, 15) is 5.11 Å². The maximum absolute atomic E-state index is 9.71. The SMILES string of the molecule is C=C(C)[C@](C)(O)CCSCC. The largest absolute Gasteiger partial charge is 0.386 e. The minimum absolute atomic E-state index is 0.665. The molecule has 0 amide bonds. The van der Waals surface area contributed by atoms with Crippen LogP contribution in [0.15, 0.2) is 12.2 Å². The highest BCUT2D eigenvalue weighted by Gasteiger charge is 2.19.